The Hall–Kier alpha value is -0.147. The van der Waals surface area contributed by atoms with Gasteiger partial charge in [-0.3, -0.25) is 0 Å². The number of rotatable bonds is 3. The van der Waals surface area contributed by atoms with Crippen LogP contribution in [0.2, 0.25) is 0 Å². The summed E-state index contributed by atoms with van der Waals surface area (Å²) in [5.41, 5.74) is 0. The van der Waals surface area contributed by atoms with Gasteiger partial charge in [0.05, 0.1) is 0 Å². The molecule has 0 aliphatic carbocycles. The van der Waals surface area contributed by atoms with Crippen molar-refractivity contribution in [2.75, 3.05) is 0 Å². The van der Waals surface area contributed by atoms with Crippen LogP contribution in [-0.4, -0.2) is 0 Å². The molecule has 0 aliphatic heterocycles. The van der Waals surface area contributed by atoms with Crippen molar-refractivity contribution >= 4 is 5.88 Å². The van der Waals surface area contributed by atoms with Crippen LogP contribution < -0.4 is 40.0 Å². The zero-order valence-corrected chi connectivity index (χ0v) is 13.2. The normalized spacial score (nSPS) is 9.65. The molecule has 0 spiro atoms. The van der Waals surface area contributed by atoms with Crippen molar-refractivity contribution in [2.24, 2.45) is 2.87 Å². The molecule has 0 bridgehead atoms. The van der Waals surface area contributed by atoms with E-state index < -0.39 is 23.5 Å². The van der Waals surface area contributed by atoms with Crippen molar-refractivity contribution in [1.29, 1.82) is 0 Å². The van der Waals surface area contributed by atoms with Gasteiger partial charge in [-0.2, -0.15) is 0 Å². The summed E-state index contributed by atoms with van der Waals surface area (Å²) in [7, 11) is 0. The standard InChI is InChI=1S/C6H6O.C4H3NO.3ClH.Zr/c7-6-4-2-1-3-5-6;5-4-2-1-3-6-4;;;;/h1-5,7H;1-3H;3*1H;/q;;;;;+4/p-4. The summed E-state index contributed by atoms with van der Waals surface area (Å²) < 4.78 is 14.8. The number of para-hydroxylation sites is 1. The van der Waals surface area contributed by atoms with Crippen molar-refractivity contribution in [3.05, 3.63) is 48.7 Å². The first kappa shape index (κ1) is 19.2. The molecule has 0 saturated carbocycles. The van der Waals surface area contributed by atoms with E-state index in [1.54, 1.807) is 6.26 Å². The van der Waals surface area contributed by atoms with E-state index in [9.17, 15) is 0 Å². The molecule has 1 aromatic heterocycles. The second-order valence-corrected chi connectivity index (χ2v) is 4.07. The van der Waals surface area contributed by atoms with Gasteiger partial charge in [-0.05, 0) is 0 Å². The van der Waals surface area contributed by atoms with E-state index in [0.29, 0.717) is 5.88 Å². The van der Waals surface area contributed by atoms with Crippen molar-refractivity contribution in [3.63, 3.8) is 0 Å². The van der Waals surface area contributed by atoms with Crippen LogP contribution in [0.5, 0.6) is 5.75 Å². The van der Waals surface area contributed by atoms with Gasteiger partial charge in [0.25, 0.3) is 0 Å². The molecule has 0 aliphatic rings. The van der Waals surface area contributed by atoms with E-state index in [1.165, 1.54) is 0 Å². The van der Waals surface area contributed by atoms with E-state index in [0.717, 1.165) is 5.75 Å². The zero-order valence-electron chi connectivity index (χ0n) is 8.52. The van der Waals surface area contributed by atoms with Crippen molar-refractivity contribution in [3.8, 4) is 5.75 Å². The second kappa shape index (κ2) is 11.0. The second-order valence-electron chi connectivity index (χ2n) is 2.57. The molecule has 0 unspecified atom stereocenters. The molecule has 0 radical (unpaired) electrons. The topological polar surface area (TPSA) is 34.7 Å². The molecule has 17 heavy (non-hydrogen) atoms. The fraction of sp³-hybridized carbons (Fsp3) is 0. The SMILES string of the molecule is [Cl-].[Cl-].[Cl-].c1ccc([O]/[Zr+3]=[N]/c2ccco2)cc1. The van der Waals surface area contributed by atoms with Crippen LogP contribution in [-0.2, 0) is 23.5 Å². The van der Waals surface area contributed by atoms with Crippen LogP contribution in [0.15, 0.2) is 56.0 Å². The quantitative estimate of drug-likeness (QED) is 0.539. The Morgan fingerprint density at radius 3 is 2.24 bits per heavy atom. The maximum absolute atomic E-state index is 5.52. The first-order chi connectivity index (χ1) is 6.95. The van der Waals surface area contributed by atoms with Gasteiger partial charge in [0.1, 0.15) is 0 Å². The van der Waals surface area contributed by atoms with Crippen molar-refractivity contribution in [2.45, 2.75) is 0 Å². The fourth-order valence-corrected chi connectivity index (χ4v) is 2.18. The Labute approximate surface area is 130 Å². The van der Waals surface area contributed by atoms with Gasteiger partial charge in [0.15, 0.2) is 0 Å². The summed E-state index contributed by atoms with van der Waals surface area (Å²) in [4.78, 5) is 0. The average Bonchev–Trinajstić information content (AvgIpc) is 2.72. The van der Waals surface area contributed by atoms with Gasteiger partial charge in [0, 0.05) is 0 Å². The van der Waals surface area contributed by atoms with Gasteiger partial charge < -0.3 is 37.2 Å². The molecule has 0 amide bonds. The molecule has 0 N–H and O–H groups in total. The number of halogens is 3. The van der Waals surface area contributed by atoms with E-state index in [2.05, 4.69) is 2.87 Å². The Bertz CT molecular complexity index is 409. The van der Waals surface area contributed by atoms with Gasteiger partial charge in [-0.15, -0.1) is 0 Å². The van der Waals surface area contributed by atoms with Gasteiger partial charge in [-0.1, -0.05) is 0 Å². The third-order valence-corrected chi connectivity index (χ3v) is 3.14. The number of nitrogens with zero attached hydrogens (tertiary/aromatic N) is 1. The molecule has 0 atom stereocenters. The summed E-state index contributed by atoms with van der Waals surface area (Å²) in [6.07, 6.45) is 1.61. The predicted octanol–water partition coefficient (Wildman–Crippen LogP) is -5.82. The summed E-state index contributed by atoms with van der Waals surface area (Å²) in [6.45, 7) is 0. The number of furan rings is 1. The van der Waals surface area contributed by atoms with Crippen LogP contribution in [0.25, 0.3) is 0 Å². The van der Waals surface area contributed by atoms with E-state index in [1.807, 2.05) is 42.5 Å². The van der Waals surface area contributed by atoms with Crippen LogP contribution in [0.4, 0.5) is 5.88 Å². The Morgan fingerprint density at radius 1 is 0.941 bits per heavy atom. The summed E-state index contributed by atoms with van der Waals surface area (Å²) in [5.74, 6) is 1.54. The van der Waals surface area contributed by atoms with Crippen LogP contribution in [0.1, 0.15) is 0 Å². The molecule has 7 heteroatoms. The molecular formula is C10H8Cl3NO2Zr. The van der Waals surface area contributed by atoms with Crippen LogP contribution in [0.3, 0.4) is 0 Å². The molecule has 90 valence electrons. The Kier molecular flexibility index (Phi) is 12.4. The third-order valence-electron chi connectivity index (χ3n) is 1.57. The summed E-state index contributed by atoms with van der Waals surface area (Å²) in [6, 6.07) is 13.4. The average molecular weight is 372 g/mol. The molecular weight excluding hydrogens is 364 g/mol. The minimum absolute atomic E-state index is 0. The molecule has 0 fully saturated rings. The summed E-state index contributed by atoms with van der Waals surface area (Å²) in [5, 5.41) is 0. The molecule has 2 aromatic rings. The van der Waals surface area contributed by atoms with Gasteiger partial charge in [-0.25, -0.2) is 0 Å². The predicted molar refractivity (Wildman–Crippen MR) is 47.9 cm³/mol. The first-order valence-corrected chi connectivity index (χ1v) is 6.26. The van der Waals surface area contributed by atoms with Crippen LogP contribution in [0, 0.1) is 0 Å². The number of hydrogen-bond acceptors (Lipinski definition) is 3. The van der Waals surface area contributed by atoms with Gasteiger partial charge in [0.2, 0.25) is 0 Å². The molecule has 1 heterocycles. The molecule has 2 rings (SSSR count). The third kappa shape index (κ3) is 7.00. The Morgan fingerprint density at radius 2 is 1.65 bits per heavy atom. The first-order valence-electron chi connectivity index (χ1n) is 4.16. The van der Waals surface area contributed by atoms with E-state index >= 15 is 0 Å². The zero-order chi connectivity index (χ0) is 9.64. The minimum atomic E-state index is -1.19. The number of hydrogen-bond donors (Lipinski definition) is 0. The molecule has 3 nitrogen and oxygen atoms in total. The fourth-order valence-electron chi connectivity index (χ4n) is 0.943. The van der Waals surface area contributed by atoms with Crippen LogP contribution >= 0.6 is 0 Å². The Balaban J connectivity index is 0. The maximum atomic E-state index is 5.52. The summed E-state index contributed by atoms with van der Waals surface area (Å²) >= 11 is -1.19. The van der Waals surface area contributed by atoms with Gasteiger partial charge >= 0.3 is 94.0 Å². The van der Waals surface area contributed by atoms with Crippen molar-refractivity contribution < 1.29 is 68.0 Å². The monoisotopic (exact) mass is 369 g/mol. The molecule has 1 aromatic carbocycles. The van der Waals surface area contributed by atoms with Crippen molar-refractivity contribution in [1.82, 2.24) is 0 Å². The van der Waals surface area contributed by atoms with E-state index in [4.69, 9.17) is 7.23 Å². The molecule has 0 saturated heterocycles. The van der Waals surface area contributed by atoms with E-state index in [-0.39, 0.29) is 37.2 Å². The number of benzene rings is 1.